The zero-order valence-electron chi connectivity index (χ0n) is 15.5. The molecule has 5 nitrogen and oxygen atoms in total. The van der Waals surface area contributed by atoms with Crippen molar-refractivity contribution in [3.05, 3.63) is 57.7 Å². The minimum atomic E-state index is -0.437. The first-order chi connectivity index (χ1) is 13.6. The van der Waals surface area contributed by atoms with Crippen LogP contribution in [0.1, 0.15) is 24.6 Å². The monoisotopic (exact) mass is 412 g/mol. The first kappa shape index (κ1) is 18.8. The summed E-state index contributed by atoms with van der Waals surface area (Å²) in [5.74, 6) is -0.626. The van der Waals surface area contributed by atoms with E-state index in [2.05, 4.69) is 4.98 Å². The van der Waals surface area contributed by atoms with Crippen LogP contribution in [0.25, 0.3) is 10.6 Å². The first-order valence-electron chi connectivity index (χ1n) is 9.14. The van der Waals surface area contributed by atoms with E-state index in [9.17, 15) is 9.59 Å². The van der Waals surface area contributed by atoms with Crippen LogP contribution < -0.4 is 4.90 Å². The third kappa shape index (κ3) is 4.00. The minimum Gasteiger partial charge on any atom is -0.455 e. The number of para-hydroxylation sites is 1. The number of nitrogens with zero attached hydrogens (tertiary/aromatic N) is 2. The van der Waals surface area contributed by atoms with Crippen molar-refractivity contribution in [2.24, 2.45) is 0 Å². The van der Waals surface area contributed by atoms with Gasteiger partial charge >= 0.3 is 5.97 Å². The van der Waals surface area contributed by atoms with Gasteiger partial charge in [-0.3, -0.25) is 9.59 Å². The van der Waals surface area contributed by atoms with Gasteiger partial charge in [-0.05, 0) is 42.8 Å². The lowest BCUT2D eigenvalue weighted by Crippen LogP contribution is -2.44. The van der Waals surface area contributed by atoms with E-state index < -0.39 is 5.97 Å². The fraction of sp³-hybridized carbons (Fsp3) is 0.286. The molecule has 4 rings (SSSR count). The van der Waals surface area contributed by atoms with E-state index in [1.807, 2.05) is 53.4 Å². The molecule has 0 saturated carbocycles. The maximum Gasteiger partial charge on any atom is 0.312 e. The van der Waals surface area contributed by atoms with Crippen molar-refractivity contribution >= 4 is 40.2 Å². The average molecular weight is 413 g/mol. The molecule has 1 aliphatic rings. The van der Waals surface area contributed by atoms with Crippen LogP contribution in [-0.2, 0) is 27.2 Å². The molecule has 0 aliphatic carbocycles. The van der Waals surface area contributed by atoms with Crippen molar-refractivity contribution in [1.29, 1.82) is 0 Å². The molecule has 0 spiro atoms. The Balaban J connectivity index is 1.35. The molecule has 28 heavy (non-hydrogen) atoms. The van der Waals surface area contributed by atoms with Crippen LogP contribution in [0.2, 0.25) is 0 Å². The number of fused-ring (bicyclic) bond motifs is 1. The maximum absolute atomic E-state index is 12.7. The van der Waals surface area contributed by atoms with Crippen LogP contribution in [0.15, 0.2) is 46.5 Å². The number of thiazole rings is 1. The third-order valence-electron chi connectivity index (χ3n) is 4.79. The summed E-state index contributed by atoms with van der Waals surface area (Å²) in [6.07, 6.45) is 1.93. The van der Waals surface area contributed by atoms with Crippen LogP contribution in [0.4, 0.5) is 5.69 Å². The number of carbonyl (C=O) groups is 2. The van der Waals surface area contributed by atoms with Gasteiger partial charge in [0.15, 0.2) is 6.61 Å². The Morgan fingerprint density at radius 2 is 2.11 bits per heavy atom. The number of hydrogen-bond acceptors (Lipinski definition) is 6. The number of hydrogen-bond donors (Lipinski definition) is 0. The Morgan fingerprint density at radius 3 is 2.93 bits per heavy atom. The second-order valence-corrected chi connectivity index (χ2v) is 8.41. The van der Waals surface area contributed by atoms with E-state index in [1.165, 1.54) is 11.3 Å². The number of anilines is 1. The Hall–Kier alpha value is -2.51. The predicted molar refractivity (Wildman–Crippen MR) is 112 cm³/mol. The summed E-state index contributed by atoms with van der Waals surface area (Å²) in [5, 5.41) is 6.77. The van der Waals surface area contributed by atoms with E-state index in [0.717, 1.165) is 34.7 Å². The highest BCUT2D eigenvalue weighted by atomic mass is 32.1. The van der Waals surface area contributed by atoms with Crippen LogP contribution in [0, 0.1) is 0 Å². The molecule has 3 heterocycles. The highest BCUT2D eigenvalue weighted by Gasteiger charge is 2.28. The van der Waals surface area contributed by atoms with Crippen molar-refractivity contribution in [3.63, 3.8) is 0 Å². The molecule has 2 aromatic heterocycles. The summed E-state index contributed by atoms with van der Waals surface area (Å²) in [6.45, 7) is 1.77. The smallest absolute Gasteiger partial charge is 0.312 e. The Bertz CT molecular complexity index is 981. The number of esters is 1. The largest absolute Gasteiger partial charge is 0.455 e. The van der Waals surface area contributed by atoms with Gasteiger partial charge in [0.2, 0.25) is 0 Å². The Kier molecular flexibility index (Phi) is 5.54. The molecule has 0 saturated heterocycles. The SMILES string of the molecule is CC1CCc2ccccc2N1C(=O)COC(=O)Cc1csc(-c2ccsc2)n1. The molecule has 0 fully saturated rings. The molecule has 1 unspecified atom stereocenters. The zero-order chi connectivity index (χ0) is 19.5. The second kappa shape index (κ2) is 8.24. The highest BCUT2D eigenvalue weighted by Crippen LogP contribution is 2.30. The summed E-state index contributed by atoms with van der Waals surface area (Å²) in [5.41, 5.74) is 3.80. The quantitative estimate of drug-likeness (QED) is 0.586. The molecule has 0 bridgehead atoms. The molecule has 3 aromatic rings. The second-order valence-electron chi connectivity index (χ2n) is 6.77. The molecule has 1 aliphatic heterocycles. The number of carbonyl (C=O) groups excluding carboxylic acids is 2. The van der Waals surface area contributed by atoms with Crippen molar-refractivity contribution in [2.45, 2.75) is 32.2 Å². The fourth-order valence-electron chi connectivity index (χ4n) is 3.39. The topological polar surface area (TPSA) is 59.5 Å². The van der Waals surface area contributed by atoms with Gasteiger partial charge in [0.25, 0.3) is 5.91 Å². The van der Waals surface area contributed by atoms with Gasteiger partial charge in [0.1, 0.15) is 5.01 Å². The lowest BCUT2D eigenvalue weighted by molar-refractivity contribution is -0.147. The first-order valence-corrected chi connectivity index (χ1v) is 11.0. The standard InChI is InChI=1S/C21H20N2O3S2/c1-14-6-7-15-4-2-3-5-18(15)23(14)19(24)11-26-20(25)10-17-13-28-21(22-17)16-8-9-27-12-16/h2-5,8-9,12-14H,6-7,10-11H2,1H3. The molecule has 1 aromatic carbocycles. The fourth-order valence-corrected chi connectivity index (χ4v) is 4.92. The van der Waals surface area contributed by atoms with E-state index in [1.54, 1.807) is 16.2 Å². The normalized spacial score (nSPS) is 15.9. The van der Waals surface area contributed by atoms with Gasteiger partial charge in [0.05, 0.1) is 12.1 Å². The number of aryl methyl sites for hydroxylation is 1. The van der Waals surface area contributed by atoms with Gasteiger partial charge in [-0.1, -0.05) is 18.2 Å². The molecular weight excluding hydrogens is 392 g/mol. The van der Waals surface area contributed by atoms with Gasteiger partial charge in [-0.25, -0.2) is 4.98 Å². The van der Waals surface area contributed by atoms with E-state index in [0.29, 0.717) is 5.69 Å². The average Bonchev–Trinajstić information content (AvgIpc) is 3.38. The highest BCUT2D eigenvalue weighted by molar-refractivity contribution is 7.14. The van der Waals surface area contributed by atoms with E-state index >= 15 is 0 Å². The predicted octanol–water partition coefficient (Wildman–Crippen LogP) is 4.33. The zero-order valence-corrected chi connectivity index (χ0v) is 17.1. The van der Waals surface area contributed by atoms with Crippen LogP contribution in [-0.4, -0.2) is 29.5 Å². The molecular formula is C21H20N2O3S2. The molecule has 0 radical (unpaired) electrons. The summed E-state index contributed by atoms with van der Waals surface area (Å²) in [7, 11) is 0. The van der Waals surface area contributed by atoms with E-state index in [-0.39, 0.29) is 25.0 Å². The Morgan fingerprint density at radius 1 is 1.25 bits per heavy atom. The summed E-state index contributed by atoms with van der Waals surface area (Å²) in [6, 6.07) is 9.99. The van der Waals surface area contributed by atoms with Crippen molar-refractivity contribution < 1.29 is 14.3 Å². The minimum absolute atomic E-state index is 0.0695. The lowest BCUT2D eigenvalue weighted by Gasteiger charge is -2.35. The van der Waals surface area contributed by atoms with E-state index in [4.69, 9.17) is 4.74 Å². The molecule has 7 heteroatoms. The Labute approximate surface area is 171 Å². The third-order valence-corrected chi connectivity index (χ3v) is 6.42. The van der Waals surface area contributed by atoms with Gasteiger partial charge in [-0.15, -0.1) is 11.3 Å². The summed E-state index contributed by atoms with van der Waals surface area (Å²) < 4.78 is 5.26. The van der Waals surface area contributed by atoms with Crippen LogP contribution in [0.5, 0.6) is 0 Å². The van der Waals surface area contributed by atoms with Crippen molar-refractivity contribution in [1.82, 2.24) is 4.98 Å². The number of ether oxygens (including phenoxy) is 1. The summed E-state index contributed by atoms with van der Waals surface area (Å²) >= 11 is 3.11. The van der Waals surface area contributed by atoms with Gasteiger partial charge in [0, 0.05) is 28.1 Å². The van der Waals surface area contributed by atoms with Crippen molar-refractivity contribution in [2.75, 3.05) is 11.5 Å². The molecule has 1 atom stereocenters. The number of aromatic nitrogens is 1. The summed E-state index contributed by atoms with van der Waals surface area (Å²) in [4.78, 5) is 31.2. The lowest BCUT2D eigenvalue weighted by atomic mass is 9.96. The van der Waals surface area contributed by atoms with Crippen LogP contribution >= 0.6 is 22.7 Å². The molecule has 144 valence electrons. The van der Waals surface area contributed by atoms with Gasteiger partial charge < -0.3 is 9.64 Å². The molecule has 1 amide bonds. The van der Waals surface area contributed by atoms with Crippen LogP contribution in [0.3, 0.4) is 0 Å². The van der Waals surface area contributed by atoms with Crippen molar-refractivity contribution in [3.8, 4) is 10.6 Å². The molecule has 0 N–H and O–H groups in total. The number of amides is 1. The number of rotatable bonds is 5. The maximum atomic E-state index is 12.7. The van der Waals surface area contributed by atoms with Gasteiger partial charge in [-0.2, -0.15) is 11.3 Å². The number of thiophene rings is 1. The number of benzene rings is 1.